The molecule has 128 valence electrons. The van der Waals surface area contributed by atoms with Crippen molar-refractivity contribution < 1.29 is 13.9 Å². The fourth-order valence-corrected chi connectivity index (χ4v) is 3.03. The maximum absolute atomic E-state index is 13.5. The van der Waals surface area contributed by atoms with E-state index in [1.165, 1.54) is 6.07 Å². The lowest BCUT2D eigenvalue weighted by Gasteiger charge is -2.32. The lowest BCUT2D eigenvalue weighted by molar-refractivity contribution is 0.0995. The van der Waals surface area contributed by atoms with Crippen molar-refractivity contribution in [1.29, 1.82) is 0 Å². The monoisotopic (exact) mass is 332 g/mol. The molecule has 1 aromatic carbocycles. The van der Waals surface area contributed by atoms with Crippen LogP contribution in [0.3, 0.4) is 0 Å². The lowest BCUT2D eigenvalue weighted by Crippen LogP contribution is -2.37. The smallest absolute Gasteiger partial charge is 0.269 e. The zero-order chi connectivity index (χ0) is 16.9. The summed E-state index contributed by atoms with van der Waals surface area (Å²) >= 11 is 0. The normalized spacial score (nSPS) is 18.5. The number of rotatable bonds is 6. The van der Waals surface area contributed by atoms with Crippen LogP contribution in [0.2, 0.25) is 0 Å². The van der Waals surface area contributed by atoms with Crippen LogP contribution in [-0.4, -0.2) is 47.2 Å². The van der Waals surface area contributed by atoms with E-state index in [9.17, 15) is 9.18 Å². The summed E-state index contributed by atoms with van der Waals surface area (Å²) in [5.41, 5.74) is 6.44. The second-order valence-corrected chi connectivity index (χ2v) is 5.99. The van der Waals surface area contributed by atoms with Crippen molar-refractivity contribution >= 4 is 5.91 Å². The average Bonchev–Trinajstić information content (AvgIpc) is 3.07. The van der Waals surface area contributed by atoms with Crippen molar-refractivity contribution in [1.82, 2.24) is 15.1 Å². The average molecular weight is 332 g/mol. The Morgan fingerprint density at radius 1 is 1.46 bits per heavy atom. The number of nitrogens with zero attached hydrogens (tertiary/aromatic N) is 2. The van der Waals surface area contributed by atoms with Crippen molar-refractivity contribution in [2.24, 2.45) is 5.73 Å². The van der Waals surface area contributed by atoms with E-state index in [1.807, 2.05) is 0 Å². The van der Waals surface area contributed by atoms with E-state index in [1.54, 1.807) is 24.3 Å². The number of para-hydroxylation sites is 1. The zero-order valence-corrected chi connectivity index (χ0v) is 13.4. The summed E-state index contributed by atoms with van der Waals surface area (Å²) in [6, 6.07) is 8.14. The predicted octanol–water partition coefficient (Wildman–Crippen LogP) is 1.91. The molecule has 24 heavy (non-hydrogen) atoms. The molecule has 0 radical (unpaired) electrons. The summed E-state index contributed by atoms with van der Waals surface area (Å²) in [6.07, 6.45) is 2.08. The standard InChI is InChI=1S/C17H21FN4O2/c18-13-5-1-2-6-16(13)24-9-8-22-7-3-4-12(11-22)14-10-15(17(19)23)21-20-14/h1-2,5-6,10,12H,3-4,7-9,11H2,(H2,19,23)(H,20,21). The number of hydrogen-bond donors (Lipinski definition) is 2. The number of aromatic amines is 1. The molecule has 0 saturated carbocycles. The predicted molar refractivity (Wildman–Crippen MR) is 87.4 cm³/mol. The van der Waals surface area contributed by atoms with Crippen LogP contribution in [0.5, 0.6) is 5.75 Å². The van der Waals surface area contributed by atoms with Gasteiger partial charge in [0.1, 0.15) is 12.3 Å². The SMILES string of the molecule is NC(=O)c1cc(C2CCCN(CCOc3ccccc3F)C2)[nH]n1. The first kappa shape index (κ1) is 16.4. The molecule has 1 atom stereocenters. The molecule has 2 heterocycles. The van der Waals surface area contributed by atoms with Gasteiger partial charge in [0.05, 0.1) is 0 Å². The van der Waals surface area contributed by atoms with Crippen LogP contribution < -0.4 is 10.5 Å². The molecule has 2 aromatic rings. The molecule has 7 heteroatoms. The summed E-state index contributed by atoms with van der Waals surface area (Å²) in [5, 5.41) is 6.85. The Morgan fingerprint density at radius 3 is 3.04 bits per heavy atom. The quantitative estimate of drug-likeness (QED) is 0.846. The van der Waals surface area contributed by atoms with Gasteiger partial charge in [0, 0.05) is 24.7 Å². The van der Waals surface area contributed by atoms with Gasteiger partial charge < -0.3 is 10.5 Å². The second kappa shape index (κ2) is 7.44. The van der Waals surface area contributed by atoms with E-state index in [-0.39, 0.29) is 23.2 Å². The molecule has 1 fully saturated rings. The first-order valence-corrected chi connectivity index (χ1v) is 8.08. The van der Waals surface area contributed by atoms with Crippen LogP contribution >= 0.6 is 0 Å². The minimum absolute atomic E-state index is 0.269. The number of nitrogens with two attached hydrogens (primary N) is 1. The largest absolute Gasteiger partial charge is 0.489 e. The first-order chi connectivity index (χ1) is 11.6. The number of benzene rings is 1. The Hall–Kier alpha value is -2.41. The summed E-state index contributed by atoms with van der Waals surface area (Å²) in [6.45, 7) is 2.99. The van der Waals surface area contributed by atoms with Crippen molar-refractivity contribution in [3.8, 4) is 5.75 Å². The van der Waals surface area contributed by atoms with E-state index >= 15 is 0 Å². The summed E-state index contributed by atoms with van der Waals surface area (Å²) in [7, 11) is 0. The maximum Gasteiger partial charge on any atom is 0.269 e. The van der Waals surface area contributed by atoms with E-state index in [0.29, 0.717) is 6.61 Å². The number of carbonyl (C=O) groups is 1. The van der Waals surface area contributed by atoms with Gasteiger partial charge in [0.25, 0.3) is 5.91 Å². The van der Waals surface area contributed by atoms with Gasteiger partial charge in [-0.1, -0.05) is 12.1 Å². The molecule has 0 bridgehead atoms. The molecular weight excluding hydrogens is 311 g/mol. The third-order valence-electron chi connectivity index (χ3n) is 4.30. The fraction of sp³-hybridized carbons (Fsp3) is 0.412. The number of likely N-dealkylation sites (tertiary alicyclic amines) is 1. The topological polar surface area (TPSA) is 84.2 Å². The molecule has 1 saturated heterocycles. The van der Waals surface area contributed by atoms with Gasteiger partial charge in [-0.25, -0.2) is 4.39 Å². The minimum atomic E-state index is -0.525. The Morgan fingerprint density at radius 2 is 2.29 bits per heavy atom. The number of carbonyl (C=O) groups excluding carboxylic acids is 1. The van der Waals surface area contributed by atoms with Crippen LogP contribution in [0.25, 0.3) is 0 Å². The fourth-order valence-electron chi connectivity index (χ4n) is 3.03. The molecule has 3 rings (SSSR count). The van der Waals surface area contributed by atoms with Crippen LogP contribution in [-0.2, 0) is 0 Å². The van der Waals surface area contributed by atoms with E-state index in [0.717, 1.165) is 38.2 Å². The number of amides is 1. The molecule has 1 aliphatic rings. The van der Waals surface area contributed by atoms with Crippen molar-refractivity contribution in [3.05, 3.63) is 47.5 Å². The molecular formula is C17H21FN4O2. The van der Waals surface area contributed by atoms with Crippen molar-refractivity contribution in [2.45, 2.75) is 18.8 Å². The third kappa shape index (κ3) is 3.91. The second-order valence-electron chi connectivity index (χ2n) is 5.99. The summed E-state index contributed by atoms with van der Waals surface area (Å²) < 4.78 is 19.0. The van der Waals surface area contributed by atoms with Gasteiger partial charge >= 0.3 is 0 Å². The summed E-state index contributed by atoms with van der Waals surface area (Å²) in [4.78, 5) is 13.4. The Kier molecular flexibility index (Phi) is 5.10. The third-order valence-corrected chi connectivity index (χ3v) is 4.30. The first-order valence-electron chi connectivity index (χ1n) is 8.08. The van der Waals surface area contributed by atoms with E-state index < -0.39 is 5.91 Å². The van der Waals surface area contributed by atoms with Crippen LogP contribution in [0.1, 0.15) is 34.9 Å². The number of halogens is 1. The number of primary amides is 1. The molecule has 1 aromatic heterocycles. The Labute approximate surface area is 139 Å². The van der Waals surface area contributed by atoms with Gasteiger partial charge in [-0.2, -0.15) is 5.10 Å². The number of piperidine rings is 1. The minimum Gasteiger partial charge on any atom is -0.489 e. The molecule has 3 N–H and O–H groups in total. The van der Waals surface area contributed by atoms with Crippen molar-refractivity contribution in [2.75, 3.05) is 26.2 Å². The van der Waals surface area contributed by atoms with Crippen LogP contribution in [0.4, 0.5) is 4.39 Å². The lowest BCUT2D eigenvalue weighted by atomic mass is 9.94. The number of hydrogen-bond acceptors (Lipinski definition) is 4. The molecule has 1 aliphatic heterocycles. The summed E-state index contributed by atoms with van der Waals surface area (Å²) in [5.74, 6) is -0.299. The molecule has 6 nitrogen and oxygen atoms in total. The Balaban J connectivity index is 1.52. The highest BCUT2D eigenvalue weighted by atomic mass is 19.1. The van der Waals surface area contributed by atoms with Gasteiger partial charge in [-0.3, -0.25) is 14.8 Å². The van der Waals surface area contributed by atoms with E-state index in [2.05, 4.69) is 15.1 Å². The van der Waals surface area contributed by atoms with E-state index in [4.69, 9.17) is 10.5 Å². The van der Waals surface area contributed by atoms with Crippen molar-refractivity contribution in [3.63, 3.8) is 0 Å². The van der Waals surface area contributed by atoms with Gasteiger partial charge in [-0.15, -0.1) is 0 Å². The van der Waals surface area contributed by atoms with Crippen LogP contribution in [0.15, 0.2) is 30.3 Å². The van der Waals surface area contributed by atoms with Gasteiger partial charge in [-0.05, 0) is 37.6 Å². The number of ether oxygens (including phenoxy) is 1. The zero-order valence-electron chi connectivity index (χ0n) is 13.4. The molecule has 0 spiro atoms. The highest BCUT2D eigenvalue weighted by Gasteiger charge is 2.23. The molecule has 1 unspecified atom stereocenters. The number of aromatic nitrogens is 2. The van der Waals surface area contributed by atoms with Gasteiger partial charge in [0.15, 0.2) is 11.6 Å². The highest BCUT2D eigenvalue weighted by Crippen LogP contribution is 2.26. The van der Waals surface area contributed by atoms with Crippen LogP contribution in [0, 0.1) is 5.82 Å². The number of nitrogens with one attached hydrogen (secondary N) is 1. The Bertz CT molecular complexity index is 703. The molecule has 1 amide bonds. The maximum atomic E-state index is 13.5. The number of H-pyrrole nitrogens is 1. The van der Waals surface area contributed by atoms with Gasteiger partial charge in [0.2, 0.25) is 0 Å². The molecule has 0 aliphatic carbocycles. The highest BCUT2D eigenvalue weighted by molar-refractivity contribution is 5.90.